The maximum absolute atomic E-state index is 13.4. The van der Waals surface area contributed by atoms with Crippen molar-refractivity contribution in [3.63, 3.8) is 0 Å². The van der Waals surface area contributed by atoms with E-state index in [0.29, 0.717) is 50.6 Å². The Bertz CT molecular complexity index is 1410. The van der Waals surface area contributed by atoms with E-state index in [4.69, 9.17) is 11.6 Å². The minimum Gasteiger partial charge on any atom is -0.350 e. The number of aromatic nitrogens is 4. The van der Waals surface area contributed by atoms with Crippen LogP contribution in [0.5, 0.6) is 0 Å². The number of hydrogen-bond donors (Lipinski definition) is 1. The van der Waals surface area contributed by atoms with E-state index in [1.165, 1.54) is 11.8 Å². The van der Waals surface area contributed by atoms with Crippen LogP contribution >= 0.6 is 23.4 Å². The molecule has 2 heterocycles. The summed E-state index contributed by atoms with van der Waals surface area (Å²) in [5, 5.41) is 13.7. The van der Waals surface area contributed by atoms with Gasteiger partial charge < -0.3 is 5.32 Å². The molecule has 0 saturated heterocycles. The van der Waals surface area contributed by atoms with Crippen molar-refractivity contribution in [1.82, 2.24) is 24.5 Å². The molecule has 4 rings (SSSR count). The van der Waals surface area contributed by atoms with Gasteiger partial charge in [-0.05, 0) is 61.6 Å². The van der Waals surface area contributed by atoms with Gasteiger partial charge in [-0.2, -0.15) is 0 Å². The van der Waals surface area contributed by atoms with Crippen LogP contribution in [-0.4, -0.2) is 31.1 Å². The average molecular weight is 512 g/mol. The fraction of sp³-hybridized carbons (Fsp3) is 0.385. The summed E-state index contributed by atoms with van der Waals surface area (Å²) in [4.78, 5) is 26.3. The summed E-state index contributed by atoms with van der Waals surface area (Å²) in [5.41, 5.74) is 2.11. The van der Waals surface area contributed by atoms with Gasteiger partial charge in [0.15, 0.2) is 5.16 Å². The van der Waals surface area contributed by atoms with Crippen molar-refractivity contribution in [2.24, 2.45) is 5.92 Å². The van der Waals surface area contributed by atoms with Gasteiger partial charge in [-0.3, -0.25) is 18.6 Å². The van der Waals surface area contributed by atoms with Crippen molar-refractivity contribution in [2.45, 2.75) is 64.0 Å². The number of nitrogens with zero attached hydrogens (tertiary/aromatic N) is 4. The molecule has 0 bridgehead atoms. The van der Waals surface area contributed by atoms with Gasteiger partial charge in [-0.15, -0.1) is 10.2 Å². The summed E-state index contributed by atoms with van der Waals surface area (Å²) in [6, 6.07) is 13.0. The predicted molar refractivity (Wildman–Crippen MR) is 142 cm³/mol. The van der Waals surface area contributed by atoms with Crippen LogP contribution in [0.3, 0.4) is 0 Å². The van der Waals surface area contributed by atoms with E-state index in [1.807, 2.05) is 42.5 Å². The van der Waals surface area contributed by atoms with Crippen molar-refractivity contribution < 1.29 is 4.79 Å². The molecule has 1 N–H and O–H groups in total. The van der Waals surface area contributed by atoms with Crippen LogP contribution in [-0.2, 0) is 12.3 Å². The number of amides is 1. The summed E-state index contributed by atoms with van der Waals surface area (Å²) in [5.74, 6) is 1.42. The second kappa shape index (κ2) is 10.8. The highest BCUT2D eigenvalue weighted by Crippen LogP contribution is 2.26. The lowest BCUT2D eigenvalue weighted by molar-refractivity contribution is 0.0939. The Kier molecular flexibility index (Phi) is 7.82. The highest BCUT2D eigenvalue weighted by Gasteiger charge is 2.19. The third-order valence-corrected chi connectivity index (χ3v) is 7.29. The highest BCUT2D eigenvalue weighted by atomic mass is 35.5. The molecule has 2 aromatic carbocycles. The van der Waals surface area contributed by atoms with E-state index < -0.39 is 0 Å². The van der Waals surface area contributed by atoms with Gasteiger partial charge in [0.1, 0.15) is 0 Å². The van der Waals surface area contributed by atoms with Gasteiger partial charge in [0.05, 0.1) is 10.9 Å². The number of aryl methyl sites for hydroxylation is 1. The van der Waals surface area contributed by atoms with Crippen molar-refractivity contribution in [2.75, 3.05) is 0 Å². The van der Waals surface area contributed by atoms with Crippen LogP contribution in [0.25, 0.3) is 16.7 Å². The molecule has 0 aliphatic heterocycles. The number of thioether (sulfide) groups is 1. The maximum atomic E-state index is 13.4. The molecule has 2 aromatic heterocycles. The minimum atomic E-state index is -0.165. The maximum Gasteiger partial charge on any atom is 0.262 e. The lowest BCUT2D eigenvalue weighted by Crippen LogP contribution is -2.32. The largest absolute Gasteiger partial charge is 0.350 e. The molecular formula is C26H30ClN5O2S. The molecule has 7 nitrogen and oxygen atoms in total. The Morgan fingerprint density at radius 1 is 1.11 bits per heavy atom. The van der Waals surface area contributed by atoms with Gasteiger partial charge in [-0.1, -0.05) is 56.3 Å². The van der Waals surface area contributed by atoms with Crippen LogP contribution < -0.4 is 10.9 Å². The van der Waals surface area contributed by atoms with Crippen LogP contribution in [0.4, 0.5) is 0 Å². The molecule has 0 aliphatic carbocycles. The van der Waals surface area contributed by atoms with Gasteiger partial charge in [0.2, 0.25) is 5.78 Å². The second-order valence-corrected chi connectivity index (χ2v) is 10.6. The number of carbonyl (C=O) groups excluding carboxylic acids is 1. The van der Waals surface area contributed by atoms with Gasteiger partial charge in [0.25, 0.3) is 11.5 Å². The average Bonchev–Trinajstić information content (AvgIpc) is 3.27. The number of carbonyl (C=O) groups is 1. The summed E-state index contributed by atoms with van der Waals surface area (Å²) < 4.78 is 3.60. The van der Waals surface area contributed by atoms with Crippen molar-refractivity contribution >= 4 is 46.0 Å². The fourth-order valence-electron chi connectivity index (χ4n) is 3.74. The van der Waals surface area contributed by atoms with E-state index >= 15 is 0 Å². The number of nitrogens with one attached hydrogen (secondary N) is 1. The van der Waals surface area contributed by atoms with Gasteiger partial charge in [-0.25, -0.2) is 0 Å². The summed E-state index contributed by atoms with van der Waals surface area (Å²) in [7, 11) is 0. The number of halogens is 1. The SMILES string of the molecule is CCC(C)NC(=O)c1ccc2c(=O)n(CCC(C)C)c3nnc(SCc4ccc(Cl)cc4)n3c2c1. The number of hydrogen-bond acceptors (Lipinski definition) is 5. The van der Waals surface area contributed by atoms with Crippen molar-refractivity contribution in [3.05, 3.63) is 69.0 Å². The first-order chi connectivity index (χ1) is 16.8. The minimum absolute atomic E-state index is 0.0580. The normalized spacial score (nSPS) is 12.5. The molecule has 0 saturated carbocycles. The summed E-state index contributed by atoms with van der Waals surface area (Å²) >= 11 is 7.55. The first-order valence-electron chi connectivity index (χ1n) is 11.9. The van der Waals surface area contributed by atoms with Gasteiger partial charge in [0, 0.05) is 28.9 Å². The second-order valence-electron chi connectivity index (χ2n) is 9.19. The van der Waals surface area contributed by atoms with Crippen LogP contribution in [0.2, 0.25) is 5.02 Å². The molecule has 1 amide bonds. The summed E-state index contributed by atoms with van der Waals surface area (Å²) in [6.45, 7) is 8.79. The zero-order valence-corrected chi connectivity index (χ0v) is 22.0. The first kappa shape index (κ1) is 25.3. The van der Waals surface area contributed by atoms with E-state index in [1.54, 1.807) is 22.8 Å². The third-order valence-electron chi connectivity index (χ3n) is 6.04. The third kappa shape index (κ3) is 5.54. The number of rotatable bonds is 9. The molecule has 0 radical (unpaired) electrons. The van der Waals surface area contributed by atoms with Crippen molar-refractivity contribution in [1.29, 1.82) is 0 Å². The molecule has 1 atom stereocenters. The van der Waals surface area contributed by atoms with E-state index in [0.717, 1.165) is 18.4 Å². The molecular weight excluding hydrogens is 482 g/mol. The van der Waals surface area contributed by atoms with E-state index in [2.05, 4.69) is 29.4 Å². The molecule has 4 aromatic rings. The summed E-state index contributed by atoms with van der Waals surface area (Å²) in [6.07, 6.45) is 1.68. The molecule has 0 spiro atoms. The Hall–Kier alpha value is -2.84. The number of benzene rings is 2. The smallest absolute Gasteiger partial charge is 0.262 e. The predicted octanol–water partition coefficient (Wildman–Crippen LogP) is 5.56. The lowest BCUT2D eigenvalue weighted by atomic mass is 10.1. The van der Waals surface area contributed by atoms with Crippen LogP contribution in [0.15, 0.2) is 52.4 Å². The van der Waals surface area contributed by atoms with Crippen molar-refractivity contribution in [3.8, 4) is 0 Å². The molecule has 35 heavy (non-hydrogen) atoms. The standard InChI is InChI=1S/C26H30ClN5O2S/c1-5-17(4)28-23(33)19-8-11-21-22(14-19)32-25(31(24(21)34)13-12-16(2)3)29-30-26(32)35-15-18-6-9-20(27)10-7-18/h6-11,14,16-17H,5,12-13,15H2,1-4H3,(H,28,33). The Morgan fingerprint density at radius 2 is 1.86 bits per heavy atom. The highest BCUT2D eigenvalue weighted by molar-refractivity contribution is 7.98. The molecule has 1 unspecified atom stereocenters. The zero-order chi connectivity index (χ0) is 25.1. The van der Waals surface area contributed by atoms with Crippen LogP contribution in [0.1, 0.15) is 56.5 Å². The Balaban J connectivity index is 1.83. The molecule has 0 fully saturated rings. The molecule has 0 aliphatic rings. The number of fused-ring (bicyclic) bond motifs is 3. The van der Waals surface area contributed by atoms with E-state index in [-0.39, 0.29) is 17.5 Å². The monoisotopic (exact) mass is 511 g/mol. The molecule has 184 valence electrons. The lowest BCUT2D eigenvalue weighted by Gasteiger charge is -2.14. The van der Waals surface area contributed by atoms with E-state index in [9.17, 15) is 9.59 Å². The van der Waals surface area contributed by atoms with Crippen LogP contribution in [0, 0.1) is 5.92 Å². The topological polar surface area (TPSA) is 81.3 Å². The first-order valence-corrected chi connectivity index (χ1v) is 13.2. The zero-order valence-electron chi connectivity index (χ0n) is 20.4. The fourth-order valence-corrected chi connectivity index (χ4v) is 4.76. The van der Waals surface area contributed by atoms with Gasteiger partial charge >= 0.3 is 0 Å². The quantitative estimate of drug-likeness (QED) is 0.297. The molecule has 9 heteroatoms. The Labute approximate surface area is 213 Å². The Morgan fingerprint density at radius 3 is 2.54 bits per heavy atom.